The predicted molar refractivity (Wildman–Crippen MR) is 92.8 cm³/mol. The molecule has 1 aliphatic rings. The van der Waals surface area contributed by atoms with E-state index < -0.39 is 5.60 Å². The Hall–Kier alpha value is -1.00. The molecular formula is C18H20ClNOS. The topological polar surface area (TPSA) is 23.5 Å². The minimum Gasteiger partial charge on any atom is -0.380 e. The molecule has 116 valence electrons. The van der Waals surface area contributed by atoms with Gasteiger partial charge in [0.05, 0.1) is 0 Å². The number of hydrogen-bond donors (Lipinski definition) is 1. The molecule has 4 heteroatoms. The van der Waals surface area contributed by atoms with Gasteiger partial charge < -0.3 is 10.0 Å². The third-order valence-electron chi connectivity index (χ3n) is 4.08. The van der Waals surface area contributed by atoms with Gasteiger partial charge in [0.25, 0.3) is 0 Å². The summed E-state index contributed by atoms with van der Waals surface area (Å²) in [6.45, 7) is 0.952. The first kappa shape index (κ1) is 15.9. The maximum atomic E-state index is 11.5. The molecule has 0 aromatic heterocycles. The van der Waals surface area contributed by atoms with E-state index in [1.54, 1.807) is 11.8 Å². The highest BCUT2D eigenvalue weighted by atomic mass is 35.5. The highest BCUT2D eigenvalue weighted by Crippen LogP contribution is 2.50. The molecular weight excluding hydrogens is 314 g/mol. The minimum atomic E-state index is -0.960. The molecule has 0 unspecified atom stereocenters. The van der Waals surface area contributed by atoms with Crippen molar-refractivity contribution in [3.8, 4) is 0 Å². The molecule has 0 amide bonds. The Labute approximate surface area is 141 Å². The summed E-state index contributed by atoms with van der Waals surface area (Å²) >= 11 is 7.89. The van der Waals surface area contributed by atoms with Gasteiger partial charge in [-0.15, -0.1) is 0 Å². The molecule has 0 aliphatic carbocycles. The summed E-state index contributed by atoms with van der Waals surface area (Å²) in [5, 5.41) is 12.2. The van der Waals surface area contributed by atoms with Crippen LogP contribution in [-0.2, 0) is 5.60 Å². The van der Waals surface area contributed by atoms with Crippen LogP contribution in [0.1, 0.15) is 24.0 Å². The third kappa shape index (κ3) is 2.91. The fourth-order valence-corrected chi connectivity index (χ4v) is 4.37. The molecule has 1 N–H and O–H groups in total. The van der Waals surface area contributed by atoms with Crippen LogP contribution in [0.4, 0.5) is 0 Å². The maximum Gasteiger partial charge on any atom is 0.117 e. The van der Waals surface area contributed by atoms with Gasteiger partial charge in [0.15, 0.2) is 0 Å². The van der Waals surface area contributed by atoms with Crippen molar-refractivity contribution < 1.29 is 5.11 Å². The van der Waals surface area contributed by atoms with Gasteiger partial charge in [-0.3, -0.25) is 0 Å². The lowest BCUT2D eigenvalue weighted by Crippen LogP contribution is -2.32. The lowest BCUT2D eigenvalue weighted by atomic mass is 9.82. The summed E-state index contributed by atoms with van der Waals surface area (Å²) in [5.74, 6) is 0. The van der Waals surface area contributed by atoms with Crippen LogP contribution in [0.3, 0.4) is 0 Å². The van der Waals surface area contributed by atoms with E-state index in [1.165, 1.54) is 0 Å². The molecule has 0 fully saturated rings. The number of fused-ring (bicyclic) bond motifs is 2. The van der Waals surface area contributed by atoms with Crippen LogP contribution >= 0.6 is 23.4 Å². The Morgan fingerprint density at radius 1 is 1.09 bits per heavy atom. The van der Waals surface area contributed by atoms with Crippen LogP contribution in [0, 0.1) is 0 Å². The first-order chi connectivity index (χ1) is 10.5. The largest absolute Gasteiger partial charge is 0.380 e. The number of hydrogen-bond acceptors (Lipinski definition) is 3. The standard InChI is InChI=1S/C18H20ClNOS/c1-20(2)11-5-10-18(21)14-6-3-4-7-16(14)22-17-9-8-13(19)12-15(17)18/h3-4,6-9,12,21H,5,10-11H2,1-2H3/t18-/m0/s1. The molecule has 1 atom stereocenters. The molecule has 1 heterocycles. The zero-order valence-corrected chi connectivity index (χ0v) is 14.4. The van der Waals surface area contributed by atoms with Gasteiger partial charge in [-0.05, 0) is 57.7 Å². The van der Waals surface area contributed by atoms with Crippen molar-refractivity contribution in [1.82, 2.24) is 4.90 Å². The highest BCUT2D eigenvalue weighted by Gasteiger charge is 2.38. The van der Waals surface area contributed by atoms with E-state index in [2.05, 4.69) is 25.1 Å². The van der Waals surface area contributed by atoms with E-state index in [0.29, 0.717) is 11.4 Å². The normalized spacial score (nSPS) is 19.9. The van der Waals surface area contributed by atoms with E-state index in [-0.39, 0.29) is 0 Å². The van der Waals surface area contributed by atoms with Gasteiger partial charge >= 0.3 is 0 Å². The smallest absolute Gasteiger partial charge is 0.117 e. The lowest BCUT2D eigenvalue weighted by molar-refractivity contribution is 0.0600. The van der Waals surface area contributed by atoms with E-state index in [0.717, 1.165) is 33.9 Å². The van der Waals surface area contributed by atoms with Gasteiger partial charge in [-0.1, -0.05) is 41.6 Å². The fraction of sp³-hybridized carbons (Fsp3) is 0.333. The van der Waals surface area contributed by atoms with Gasteiger partial charge in [0.2, 0.25) is 0 Å². The summed E-state index contributed by atoms with van der Waals surface area (Å²) < 4.78 is 0. The maximum absolute atomic E-state index is 11.5. The quantitative estimate of drug-likeness (QED) is 0.898. The molecule has 0 radical (unpaired) electrons. The van der Waals surface area contributed by atoms with Crippen LogP contribution in [0.25, 0.3) is 0 Å². The first-order valence-electron chi connectivity index (χ1n) is 7.45. The highest BCUT2D eigenvalue weighted by molar-refractivity contribution is 7.99. The van der Waals surface area contributed by atoms with Gasteiger partial charge in [-0.25, -0.2) is 0 Å². The van der Waals surface area contributed by atoms with E-state index >= 15 is 0 Å². The lowest BCUT2D eigenvalue weighted by Gasteiger charge is -2.36. The predicted octanol–water partition coefficient (Wildman–Crippen LogP) is 4.38. The Kier molecular flexibility index (Phi) is 4.51. The number of benzene rings is 2. The van der Waals surface area contributed by atoms with Crippen molar-refractivity contribution >= 4 is 23.4 Å². The summed E-state index contributed by atoms with van der Waals surface area (Å²) in [6, 6.07) is 13.9. The van der Waals surface area contributed by atoms with Crippen molar-refractivity contribution in [2.45, 2.75) is 28.2 Å². The Morgan fingerprint density at radius 3 is 2.59 bits per heavy atom. The fourth-order valence-electron chi connectivity index (χ4n) is 3.00. The summed E-state index contributed by atoms with van der Waals surface area (Å²) in [4.78, 5) is 4.37. The zero-order valence-electron chi connectivity index (χ0n) is 12.8. The Bertz CT molecular complexity index is 689. The molecule has 0 saturated heterocycles. The van der Waals surface area contributed by atoms with E-state index in [1.807, 2.05) is 36.4 Å². The number of rotatable bonds is 4. The second kappa shape index (κ2) is 6.25. The summed E-state index contributed by atoms with van der Waals surface area (Å²) in [6.07, 6.45) is 1.62. The Balaban J connectivity index is 2.05. The van der Waals surface area contributed by atoms with E-state index in [4.69, 9.17) is 11.6 Å². The molecule has 2 aromatic carbocycles. The van der Waals surface area contributed by atoms with Crippen LogP contribution in [0.2, 0.25) is 5.02 Å². The van der Waals surface area contributed by atoms with Crippen LogP contribution in [0.5, 0.6) is 0 Å². The van der Waals surface area contributed by atoms with Crippen LogP contribution < -0.4 is 0 Å². The molecule has 0 bridgehead atoms. The summed E-state index contributed by atoms with van der Waals surface area (Å²) in [7, 11) is 4.11. The molecule has 3 rings (SSSR count). The van der Waals surface area contributed by atoms with E-state index in [9.17, 15) is 5.11 Å². The number of aliphatic hydroxyl groups is 1. The van der Waals surface area contributed by atoms with Crippen molar-refractivity contribution in [3.63, 3.8) is 0 Å². The zero-order chi connectivity index (χ0) is 15.7. The summed E-state index contributed by atoms with van der Waals surface area (Å²) in [5.41, 5.74) is 0.967. The van der Waals surface area contributed by atoms with Crippen molar-refractivity contribution in [1.29, 1.82) is 0 Å². The van der Waals surface area contributed by atoms with Gasteiger partial charge in [0.1, 0.15) is 5.60 Å². The monoisotopic (exact) mass is 333 g/mol. The second-order valence-electron chi connectivity index (χ2n) is 6.01. The molecule has 22 heavy (non-hydrogen) atoms. The number of nitrogens with zero attached hydrogens (tertiary/aromatic N) is 1. The molecule has 0 saturated carbocycles. The SMILES string of the molecule is CN(C)CCC[C@]1(O)c2ccccc2Sc2ccc(Cl)cc21. The first-order valence-corrected chi connectivity index (χ1v) is 8.64. The minimum absolute atomic E-state index is 0.671. The molecule has 1 aliphatic heterocycles. The third-order valence-corrected chi connectivity index (χ3v) is 5.47. The van der Waals surface area contributed by atoms with Gasteiger partial charge in [-0.2, -0.15) is 0 Å². The number of halogens is 1. The molecule has 2 aromatic rings. The van der Waals surface area contributed by atoms with Gasteiger partial charge in [0, 0.05) is 25.9 Å². The van der Waals surface area contributed by atoms with Crippen LogP contribution in [0.15, 0.2) is 52.3 Å². The Morgan fingerprint density at radius 2 is 1.82 bits per heavy atom. The average Bonchev–Trinajstić information content (AvgIpc) is 2.48. The molecule has 0 spiro atoms. The van der Waals surface area contributed by atoms with Crippen molar-refractivity contribution in [3.05, 3.63) is 58.6 Å². The van der Waals surface area contributed by atoms with Crippen LogP contribution in [-0.4, -0.2) is 30.6 Å². The van der Waals surface area contributed by atoms with Crippen molar-refractivity contribution in [2.24, 2.45) is 0 Å². The molecule has 2 nitrogen and oxygen atoms in total. The van der Waals surface area contributed by atoms with Crippen molar-refractivity contribution in [2.75, 3.05) is 20.6 Å². The average molecular weight is 334 g/mol. The second-order valence-corrected chi connectivity index (χ2v) is 7.53.